The summed E-state index contributed by atoms with van der Waals surface area (Å²) in [4.78, 5) is 28.0. The number of ether oxygens (including phenoxy) is 1. The summed E-state index contributed by atoms with van der Waals surface area (Å²) >= 11 is 0. The van der Waals surface area contributed by atoms with Gasteiger partial charge in [-0.3, -0.25) is 9.69 Å². The van der Waals surface area contributed by atoms with Crippen LogP contribution in [0, 0.1) is 0 Å². The van der Waals surface area contributed by atoms with Gasteiger partial charge < -0.3 is 29.7 Å². The van der Waals surface area contributed by atoms with Gasteiger partial charge in [0.15, 0.2) is 0 Å². The zero-order valence-electron chi connectivity index (χ0n) is 16.6. The van der Waals surface area contributed by atoms with Crippen molar-refractivity contribution in [2.75, 3.05) is 33.7 Å². The molecule has 4 rings (SSSR count). The standard InChI is InChI=1S/C19H26BN3O6/c1-22(2)18(24)16-13(6-8-21-16)23-9-12(10-23)28-14-4-3-11-5-7-20(27)29-17(11)15(14)19(25)26/h3-4,12-13,16,21,27H,5-10H2,1-2H3,(H,25,26)/t13-,16+/m0/s1. The Bertz CT molecular complexity index is 813. The number of hydrogen-bond acceptors (Lipinski definition) is 7. The van der Waals surface area contributed by atoms with Crippen LogP contribution < -0.4 is 14.7 Å². The number of amides is 1. The number of carboxylic acids is 1. The highest BCUT2D eigenvalue weighted by Crippen LogP contribution is 2.37. The zero-order chi connectivity index (χ0) is 20.7. The van der Waals surface area contributed by atoms with E-state index in [1.807, 2.05) is 0 Å². The van der Waals surface area contributed by atoms with Crippen LogP contribution in [-0.2, 0) is 11.2 Å². The molecule has 0 radical (unpaired) electrons. The van der Waals surface area contributed by atoms with Crippen LogP contribution in [0.2, 0.25) is 6.32 Å². The summed E-state index contributed by atoms with van der Waals surface area (Å²) in [7, 11) is 2.50. The third-order valence-electron chi connectivity index (χ3n) is 5.86. The lowest BCUT2D eigenvalue weighted by molar-refractivity contribution is -0.133. The Balaban J connectivity index is 1.44. The number of carbonyl (C=O) groups is 2. The fraction of sp³-hybridized carbons (Fsp3) is 0.579. The number of benzene rings is 1. The monoisotopic (exact) mass is 403 g/mol. The van der Waals surface area contributed by atoms with Crippen LogP contribution in [0.3, 0.4) is 0 Å². The molecule has 2 fully saturated rings. The summed E-state index contributed by atoms with van der Waals surface area (Å²) in [6.45, 7) is 2.05. The maximum absolute atomic E-state index is 12.4. The van der Waals surface area contributed by atoms with E-state index in [1.54, 1.807) is 31.1 Å². The summed E-state index contributed by atoms with van der Waals surface area (Å²) in [5, 5.41) is 22.7. The lowest BCUT2D eigenvalue weighted by Gasteiger charge is -2.44. The van der Waals surface area contributed by atoms with Crippen molar-refractivity contribution in [3.63, 3.8) is 0 Å². The lowest BCUT2D eigenvalue weighted by atomic mass is 9.78. The van der Waals surface area contributed by atoms with Crippen LogP contribution in [0.25, 0.3) is 0 Å². The molecule has 9 nitrogen and oxygen atoms in total. The first-order chi connectivity index (χ1) is 13.8. The molecule has 0 bridgehead atoms. The Kier molecular flexibility index (Phi) is 5.41. The molecular formula is C19H26BN3O6. The highest BCUT2D eigenvalue weighted by atomic mass is 16.5. The van der Waals surface area contributed by atoms with Crippen LogP contribution in [-0.4, -0.2) is 90.8 Å². The van der Waals surface area contributed by atoms with E-state index in [2.05, 4.69) is 10.2 Å². The molecule has 3 N–H and O–H groups in total. The highest BCUT2D eigenvalue weighted by Gasteiger charge is 2.43. The molecule has 0 unspecified atom stereocenters. The summed E-state index contributed by atoms with van der Waals surface area (Å²) in [6.07, 6.45) is 1.73. The van der Waals surface area contributed by atoms with E-state index in [0.29, 0.717) is 25.8 Å². The van der Waals surface area contributed by atoms with Gasteiger partial charge in [-0.2, -0.15) is 0 Å². The van der Waals surface area contributed by atoms with Gasteiger partial charge in [0.25, 0.3) is 0 Å². The number of carboxylic acid groups (broad SMARTS) is 1. The molecule has 2 saturated heterocycles. The Morgan fingerprint density at radius 1 is 1.34 bits per heavy atom. The molecule has 0 saturated carbocycles. The average Bonchev–Trinajstić information content (AvgIpc) is 3.11. The molecule has 0 aliphatic carbocycles. The van der Waals surface area contributed by atoms with Crippen molar-refractivity contribution >= 4 is 19.0 Å². The molecule has 156 valence electrons. The van der Waals surface area contributed by atoms with Gasteiger partial charge in [-0.15, -0.1) is 0 Å². The van der Waals surface area contributed by atoms with E-state index in [9.17, 15) is 19.7 Å². The first-order valence-electron chi connectivity index (χ1n) is 9.94. The van der Waals surface area contributed by atoms with Crippen molar-refractivity contribution < 1.29 is 29.1 Å². The Morgan fingerprint density at radius 2 is 2.10 bits per heavy atom. The van der Waals surface area contributed by atoms with Crippen molar-refractivity contribution in [3.8, 4) is 11.5 Å². The summed E-state index contributed by atoms with van der Waals surface area (Å²) in [5.41, 5.74) is 0.722. The van der Waals surface area contributed by atoms with E-state index in [-0.39, 0.29) is 41.2 Å². The second-order valence-corrected chi connectivity index (χ2v) is 8.06. The third-order valence-corrected chi connectivity index (χ3v) is 5.86. The van der Waals surface area contributed by atoms with E-state index in [0.717, 1.165) is 18.5 Å². The first kappa shape index (κ1) is 20.0. The van der Waals surface area contributed by atoms with Crippen LogP contribution in [0.1, 0.15) is 22.3 Å². The van der Waals surface area contributed by atoms with Gasteiger partial charge in [0, 0.05) is 33.2 Å². The van der Waals surface area contributed by atoms with Crippen molar-refractivity contribution in [2.45, 2.75) is 37.3 Å². The first-order valence-corrected chi connectivity index (χ1v) is 9.94. The largest absolute Gasteiger partial charge is 0.535 e. The maximum Gasteiger partial charge on any atom is 0.522 e. The number of likely N-dealkylation sites (tertiary alicyclic amines) is 1. The molecule has 0 aromatic heterocycles. The van der Waals surface area contributed by atoms with Crippen molar-refractivity contribution in [3.05, 3.63) is 23.3 Å². The molecular weight excluding hydrogens is 377 g/mol. The van der Waals surface area contributed by atoms with Crippen molar-refractivity contribution in [1.29, 1.82) is 0 Å². The van der Waals surface area contributed by atoms with Gasteiger partial charge in [-0.05, 0) is 37.3 Å². The second-order valence-electron chi connectivity index (χ2n) is 8.06. The van der Waals surface area contributed by atoms with Crippen LogP contribution in [0.4, 0.5) is 0 Å². The molecule has 3 aliphatic heterocycles. The van der Waals surface area contributed by atoms with Gasteiger partial charge in [-0.1, -0.05) is 6.07 Å². The van der Waals surface area contributed by atoms with Crippen LogP contribution in [0.5, 0.6) is 11.5 Å². The van der Waals surface area contributed by atoms with E-state index < -0.39 is 13.1 Å². The number of likely N-dealkylation sites (N-methyl/N-ethyl adjacent to an activating group) is 1. The quantitative estimate of drug-likeness (QED) is 0.574. The minimum atomic E-state index is -1.14. The van der Waals surface area contributed by atoms with Gasteiger partial charge >= 0.3 is 13.1 Å². The second kappa shape index (κ2) is 7.85. The normalized spacial score (nSPS) is 24.4. The third kappa shape index (κ3) is 3.79. The highest BCUT2D eigenvalue weighted by molar-refractivity contribution is 6.44. The molecule has 1 aromatic carbocycles. The molecule has 3 aliphatic rings. The number of nitrogens with zero attached hydrogens (tertiary/aromatic N) is 2. The molecule has 1 aromatic rings. The fourth-order valence-electron chi connectivity index (χ4n) is 4.32. The summed E-state index contributed by atoms with van der Waals surface area (Å²) < 4.78 is 11.4. The molecule has 1 amide bonds. The molecule has 2 atom stereocenters. The van der Waals surface area contributed by atoms with Crippen LogP contribution in [0.15, 0.2) is 12.1 Å². The number of fused-ring (bicyclic) bond motifs is 1. The number of aromatic carboxylic acids is 1. The van der Waals surface area contributed by atoms with Gasteiger partial charge in [-0.25, -0.2) is 4.79 Å². The topological polar surface area (TPSA) is 112 Å². The predicted molar refractivity (Wildman–Crippen MR) is 105 cm³/mol. The van der Waals surface area contributed by atoms with Crippen molar-refractivity contribution in [1.82, 2.24) is 15.1 Å². The SMILES string of the molecule is CN(C)C(=O)[C@@H]1NCC[C@@H]1N1CC(Oc2ccc3c(c2C(=O)O)OB(O)CC3)C1. The smallest absolute Gasteiger partial charge is 0.522 e. The number of rotatable bonds is 5. The minimum absolute atomic E-state index is 0.0390. The minimum Gasteiger partial charge on any atom is -0.535 e. The molecule has 3 heterocycles. The van der Waals surface area contributed by atoms with E-state index >= 15 is 0 Å². The average molecular weight is 403 g/mol. The van der Waals surface area contributed by atoms with E-state index in [4.69, 9.17) is 9.39 Å². The van der Waals surface area contributed by atoms with Gasteiger partial charge in [0.2, 0.25) is 5.91 Å². The summed E-state index contributed by atoms with van der Waals surface area (Å²) in [5.74, 6) is -0.628. The zero-order valence-corrected chi connectivity index (χ0v) is 16.6. The Hall–Kier alpha value is -2.30. The molecule has 10 heteroatoms. The van der Waals surface area contributed by atoms with Crippen LogP contribution >= 0.6 is 0 Å². The number of nitrogens with one attached hydrogen (secondary N) is 1. The van der Waals surface area contributed by atoms with Gasteiger partial charge in [0.1, 0.15) is 29.2 Å². The maximum atomic E-state index is 12.4. The summed E-state index contributed by atoms with van der Waals surface area (Å²) in [6, 6.07) is 3.36. The fourth-order valence-corrected chi connectivity index (χ4v) is 4.32. The molecule has 29 heavy (non-hydrogen) atoms. The van der Waals surface area contributed by atoms with E-state index in [1.165, 1.54) is 0 Å². The van der Waals surface area contributed by atoms with Gasteiger partial charge in [0.05, 0.1) is 0 Å². The Morgan fingerprint density at radius 3 is 2.79 bits per heavy atom. The lowest BCUT2D eigenvalue weighted by Crippen LogP contribution is -2.62. The Labute approximate surface area is 169 Å². The van der Waals surface area contributed by atoms with Crippen molar-refractivity contribution in [2.24, 2.45) is 0 Å². The number of aryl methyl sites for hydroxylation is 1. The number of hydrogen-bond donors (Lipinski definition) is 3. The molecule has 0 spiro atoms. The predicted octanol–water partition coefficient (Wildman–Crippen LogP) is -0.318. The number of carbonyl (C=O) groups excluding carboxylic acids is 1.